The number of ether oxygens (including phenoxy) is 5. The molecule has 0 bridgehead atoms. The maximum atomic E-state index is 13.9. The zero-order valence-electron chi connectivity index (χ0n) is 44.2. The second-order valence-corrected chi connectivity index (χ2v) is 23.9. The number of nitrogens with two attached hydrogens (primary N) is 1. The van der Waals surface area contributed by atoms with Crippen molar-refractivity contribution < 1.29 is 76.1 Å². The summed E-state index contributed by atoms with van der Waals surface area (Å²) in [5.41, 5.74) is 7.81. The summed E-state index contributed by atoms with van der Waals surface area (Å²) >= 11 is 6.67. The smallest absolute Gasteiger partial charge is 0.459 e. The number of Topliss-reactive ketones (excluding diaryl/α,β-unsaturated/α-hetero) is 1. The number of carbonyl (C=O) groups excluding carboxylic acids is 7. The molecule has 0 saturated carbocycles. The van der Waals surface area contributed by atoms with Gasteiger partial charge < -0.3 is 55.2 Å². The summed E-state index contributed by atoms with van der Waals surface area (Å²) in [7, 11) is -2.03. The van der Waals surface area contributed by atoms with Gasteiger partial charge in [0.15, 0.2) is 11.9 Å². The lowest BCUT2D eigenvalue weighted by Crippen LogP contribution is -2.51. The minimum absolute atomic E-state index is 0.0450. The minimum atomic E-state index is -4.67. The number of halogens is 1. The third kappa shape index (κ3) is 21.4. The number of hydrogen-bond acceptors (Lipinski definition) is 17. The van der Waals surface area contributed by atoms with Crippen molar-refractivity contribution in [3.8, 4) is 0 Å². The summed E-state index contributed by atoms with van der Waals surface area (Å²) in [5, 5.41) is 10.7. The number of epoxide rings is 1. The van der Waals surface area contributed by atoms with Crippen LogP contribution in [0.1, 0.15) is 82.7 Å². The average molecular weight is 1160 g/mol. The van der Waals surface area contributed by atoms with Gasteiger partial charge in [-0.1, -0.05) is 109 Å². The maximum Gasteiger partial charge on any atom is 0.469 e. The molecular weight excluding hydrogens is 1090 g/mol. The molecule has 2 heterocycles. The second kappa shape index (κ2) is 30.3. The summed E-state index contributed by atoms with van der Waals surface area (Å²) < 4.78 is 44.2. The Morgan fingerprint density at radius 1 is 0.987 bits per heavy atom. The van der Waals surface area contributed by atoms with Gasteiger partial charge >= 0.3 is 25.9 Å². The highest BCUT2D eigenvalue weighted by Gasteiger charge is 2.48. The molecule has 25 heteroatoms. The minimum Gasteiger partial charge on any atom is -0.459 e. The van der Waals surface area contributed by atoms with E-state index in [1.54, 1.807) is 38.1 Å². The van der Waals surface area contributed by atoms with Crippen molar-refractivity contribution in [3.05, 3.63) is 106 Å². The number of esters is 2. The van der Waals surface area contributed by atoms with Crippen molar-refractivity contribution >= 4 is 88.2 Å². The molecule has 78 heavy (non-hydrogen) atoms. The molecule has 1 fully saturated rings. The number of benzene rings is 3. The van der Waals surface area contributed by atoms with Crippen molar-refractivity contribution in [1.82, 2.24) is 16.0 Å². The Morgan fingerprint density at radius 3 is 2.41 bits per heavy atom. The Labute approximate surface area is 466 Å². The van der Waals surface area contributed by atoms with Gasteiger partial charge in [-0.05, 0) is 86.1 Å². The largest absolute Gasteiger partial charge is 0.469 e. The van der Waals surface area contributed by atoms with Crippen molar-refractivity contribution in [2.24, 2.45) is 23.0 Å². The van der Waals surface area contributed by atoms with E-state index < -0.39 is 79.9 Å². The molecule has 8 N–H and O–H groups in total. The van der Waals surface area contributed by atoms with Crippen molar-refractivity contribution in [3.63, 3.8) is 0 Å². The topological polar surface area (TPSA) is 310 Å². The maximum absolute atomic E-state index is 13.9. The van der Waals surface area contributed by atoms with Crippen molar-refractivity contribution in [2.45, 2.75) is 115 Å². The van der Waals surface area contributed by atoms with E-state index in [1.165, 1.54) is 46.7 Å². The molecule has 4 amide bonds. The third-order valence-electron chi connectivity index (χ3n) is 12.2. The monoisotopic (exact) mass is 1160 g/mol. The second-order valence-electron chi connectivity index (χ2n) is 19.8. The number of carbonyl (C=O) groups is 7. The molecule has 3 aromatic rings. The Hall–Kier alpha value is -5.33. The molecule has 7 unspecified atom stereocenters. The van der Waals surface area contributed by atoms with Crippen molar-refractivity contribution in [1.29, 1.82) is 0 Å². The Kier molecular flexibility index (Phi) is 24.7. The number of nitrogens with one attached hydrogen (secondary N) is 4. The summed E-state index contributed by atoms with van der Waals surface area (Å²) in [4.78, 5) is 110. The molecule has 7 atom stereocenters. The number of amides is 4. The van der Waals surface area contributed by atoms with Crippen LogP contribution in [0.25, 0.3) is 0 Å². The van der Waals surface area contributed by atoms with E-state index in [0.29, 0.717) is 17.5 Å². The molecule has 2 aliphatic rings. The van der Waals surface area contributed by atoms with E-state index in [0.717, 1.165) is 16.0 Å². The Balaban J connectivity index is 1.23. The number of phosphoric ester groups is 1. The van der Waals surface area contributed by atoms with Crippen LogP contribution in [0, 0.1) is 17.3 Å². The first kappa shape index (κ1) is 63.5. The first-order valence-electron chi connectivity index (χ1n) is 25.2. The Morgan fingerprint density at radius 2 is 1.72 bits per heavy atom. The third-order valence-corrected chi connectivity index (χ3v) is 15.5. The molecule has 0 aliphatic carbocycles. The summed E-state index contributed by atoms with van der Waals surface area (Å²) in [5.74, 6) is -3.53. The molecule has 1 saturated heterocycles. The van der Waals surface area contributed by atoms with Crippen LogP contribution in [-0.4, -0.2) is 120 Å². The zero-order valence-corrected chi connectivity index (χ0v) is 47.5. The highest BCUT2D eigenvalue weighted by molar-refractivity contribution is 8.76. The van der Waals surface area contributed by atoms with Gasteiger partial charge in [-0.15, -0.1) is 0 Å². The lowest BCUT2D eigenvalue weighted by atomic mass is 9.92. The molecule has 2 aliphatic heterocycles. The number of anilines is 1. The van der Waals surface area contributed by atoms with E-state index in [4.69, 9.17) is 50.8 Å². The van der Waals surface area contributed by atoms with Crippen LogP contribution in [0.2, 0.25) is 5.02 Å². The summed E-state index contributed by atoms with van der Waals surface area (Å²) in [6, 6.07) is 17.6. The molecule has 0 spiro atoms. The number of phosphoric acid groups is 1. The van der Waals surface area contributed by atoms with Crippen LogP contribution in [0.15, 0.2) is 83.8 Å². The molecule has 3 aromatic carbocycles. The fraction of sp³-hybridized carbons (Fsp3) is 0.491. The molecule has 426 valence electrons. The number of rotatable bonds is 24. The Bertz CT molecular complexity index is 2660. The summed E-state index contributed by atoms with van der Waals surface area (Å²) in [6.45, 7) is 9.48. The molecular formula is C53H69ClN5O16PS2. The predicted octanol–water partition coefficient (Wildman–Crippen LogP) is 6.31. The van der Waals surface area contributed by atoms with Crippen molar-refractivity contribution in [2.75, 3.05) is 44.0 Å². The SMILES string of the molecule is CC(=O)COCCc1cc(COC(=O)Nc2ccc(CC3NC(=O)/C=C/CC(C(C)C4OC4c4ccccc4)OC(=O)C(CC(C)C)OC(=O)C(C)(C)CNC3=O)cc2Cl)ccc1SSCC(N)C(=O)NCCOP(=O)(O)O. The number of ketones is 1. The highest BCUT2D eigenvalue weighted by atomic mass is 35.5. The fourth-order valence-electron chi connectivity index (χ4n) is 7.82. The lowest BCUT2D eigenvalue weighted by molar-refractivity contribution is -0.179. The average Bonchev–Trinajstić information content (AvgIpc) is 4.24. The van der Waals surface area contributed by atoms with Gasteiger partial charge in [0.2, 0.25) is 17.7 Å². The van der Waals surface area contributed by atoms with Gasteiger partial charge in [0, 0.05) is 42.5 Å². The normalized spacial score (nSPS) is 21.2. The van der Waals surface area contributed by atoms with Crippen LogP contribution < -0.4 is 27.0 Å². The fourth-order valence-corrected chi connectivity index (χ4v) is 10.8. The van der Waals surface area contributed by atoms with E-state index in [2.05, 4.69) is 25.8 Å². The van der Waals surface area contributed by atoms with Crippen LogP contribution in [0.5, 0.6) is 0 Å². The van der Waals surface area contributed by atoms with E-state index >= 15 is 0 Å². The standard InChI is InChI=1S/C53H69ClN5O16PS2/c1-31(2)23-43-50(64)73-42(33(4)46-47(75-46)36-11-8-7-9-12-36)13-10-14-45(61)58-41(49(63)57-30-53(5,6)51(65)74-43)26-34-15-17-40(38(54)25-34)59-52(66)71-28-35-16-18-44(37(24-35)19-21-70-27-32(3)60)78-77-29-39(55)48(62)56-20-22-72-76(67,68)69/h7-12,14-18,24-25,31,33,39,41-43,46-47H,13,19-23,26-30,55H2,1-6H3,(H,56,62)(H,57,63)(H,58,61)(H,59,66)(H2,67,68,69)/b14-10+. The molecule has 0 radical (unpaired) electrons. The zero-order chi connectivity index (χ0) is 57.2. The van der Waals surface area contributed by atoms with E-state index in [9.17, 15) is 38.1 Å². The summed E-state index contributed by atoms with van der Waals surface area (Å²) in [6.07, 6.45) is 0.150. The van der Waals surface area contributed by atoms with Crippen LogP contribution >= 0.6 is 41.0 Å². The van der Waals surface area contributed by atoms with Gasteiger partial charge in [0.25, 0.3) is 0 Å². The van der Waals surface area contributed by atoms with Gasteiger partial charge in [-0.3, -0.25) is 33.8 Å². The van der Waals surface area contributed by atoms with Crippen LogP contribution in [0.4, 0.5) is 10.5 Å². The lowest BCUT2D eigenvalue weighted by Gasteiger charge is -2.29. The van der Waals surface area contributed by atoms with Gasteiger partial charge in [-0.2, -0.15) is 0 Å². The highest BCUT2D eigenvalue weighted by Crippen LogP contribution is 2.45. The molecule has 21 nitrogen and oxygen atoms in total. The van der Waals surface area contributed by atoms with E-state index in [-0.39, 0.29) is 98.5 Å². The molecule has 5 rings (SSSR count). The quantitative estimate of drug-likeness (QED) is 0.0129. The van der Waals surface area contributed by atoms with Gasteiger partial charge in [-0.25, -0.2) is 14.2 Å². The first-order chi connectivity index (χ1) is 36.9. The molecule has 0 aromatic heterocycles. The predicted molar refractivity (Wildman–Crippen MR) is 293 cm³/mol. The van der Waals surface area contributed by atoms with Crippen LogP contribution in [0.3, 0.4) is 0 Å². The van der Waals surface area contributed by atoms with Gasteiger partial charge in [0.05, 0.1) is 41.5 Å². The number of cyclic esters (lactones) is 2. The van der Waals surface area contributed by atoms with E-state index in [1.807, 2.05) is 57.2 Å². The first-order valence-corrected chi connectivity index (χ1v) is 29.4. The number of hydrogen-bond donors (Lipinski definition) is 7. The van der Waals surface area contributed by atoms with Crippen LogP contribution in [-0.2, 0) is 81.0 Å². The van der Waals surface area contributed by atoms with Gasteiger partial charge in [0.1, 0.15) is 31.5 Å².